The van der Waals surface area contributed by atoms with Gasteiger partial charge in [-0.2, -0.15) is 0 Å². The van der Waals surface area contributed by atoms with Crippen LogP contribution >= 0.6 is 0 Å². The molecule has 0 radical (unpaired) electrons. The Bertz CT molecular complexity index is 1130. The molecule has 0 aromatic carbocycles. The molecule has 3 atom stereocenters. The molecule has 0 aliphatic carbocycles. The van der Waals surface area contributed by atoms with Crippen molar-refractivity contribution in [2.45, 2.75) is 136 Å². The van der Waals surface area contributed by atoms with Crippen molar-refractivity contribution in [3.05, 3.63) is 0 Å². The fourth-order valence-corrected chi connectivity index (χ4v) is 5.34. The minimum atomic E-state index is -0.841. The zero-order chi connectivity index (χ0) is 40.3. The summed E-state index contributed by atoms with van der Waals surface area (Å²) in [6.07, 6.45) is 4.60. The summed E-state index contributed by atoms with van der Waals surface area (Å²) in [5.74, 6) is -3.46. The number of nitrogens with zero attached hydrogens (tertiary/aromatic N) is 1. The molecule has 0 spiro atoms. The van der Waals surface area contributed by atoms with Gasteiger partial charge in [-0.05, 0) is 57.8 Å². The van der Waals surface area contributed by atoms with Gasteiger partial charge in [0.25, 0.3) is 0 Å². The zero-order valence-corrected chi connectivity index (χ0v) is 32.6. The molecular weight excluding hydrogens is 688 g/mol. The Morgan fingerprint density at radius 2 is 0.943 bits per heavy atom. The summed E-state index contributed by atoms with van der Waals surface area (Å²) < 4.78 is 0. The molecule has 0 bridgehead atoms. The first-order valence-electron chi connectivity index (χ1n) is 18.6. The quantitative estimate of drug-likeness (QED) is 0.0379. The van der Waals surface area contributed by atoms with Crippen molar-refractivity contribution in [2.24, 2.45) is 11.5 Å². The third-order valence-corrected chi connectivity index (χ3v) is 7.89. The Morgan fingerprint density at radius 1 is 0.528 bits per heavy atom. The summed E-state index contributed by atoms with van der Waals surface area (Å²) in [7, 11) is 0. The van der Waals surface area contributed by atoms with Gasteiger partial charge in [-0.1, -0.05) is 27.7 Å². The van der Waals surface area contributed by atoms with Gasteiger partial charge in [-0.3, -0.25) is 38.4 Å². The molecule has 0 fully saturated rings. The van der Waals surface area contributed by atoms with Crippen LogP contribution in [-0.2, 0) is 38.4 Å². The van der Waals surface area contributed by atoms with E-state index in [0.29, 0.717) is 64.3 Å². The number of nitrogens with two attached hydrogens (primary N) is 2. The maximum absolute atomic E-state index is 13.3. The maximum atomic E-state index is 13.3. The second-order valence-electron chi connectivity index (χ2n) is 13.8. The molecule has 8 amide bonds. The normalized spacial score (nSPS) is 12.7. The fourth-order valence-electron chi connectivity index (χ4n) is 5.34. The number of hydrogen-bond donors (Lipinski definition) is 9. The van der Waals surface area contributed by atoms with Crippen molar-refractivity contribution in [2.75, 3.05) is 39.3 Å². The molecule has 3 unspecified atom stereocenters. The highest BCUT2D eigenvalue weighted by Gasteiger charge is 2.23. The number of unbranched alkanes of at least 4 members (excludes halogenated alkanes) is 3. The monoisotopic (exact) mass is 755 g/mol. The number of amides is 8. The first-order valence-corrected chi connectivity index (χ1v) is 18.6. The fraction of sp³-hybridized carbons (Fsp3) is 0.771. The zero-order valence-electron chi connectivity index (χ0n) is 32.6. The van der Waals surface area contributed by atoms with Crippen molar-refractivity contribution < 1.29 is 38.4 Å². The van der Waals surface area contributed by atoms with Crippen molar-refractivity contribution in [1.29, 1.82) is 0 Å². The van der Waals surface area contributed by atoms with Gasteiger partial charge in [0.2, 0.25) is 47.3 Å². The van der Waals surface area contributed by atoms with E-state index in [1.54, 1.807) is 0 Å². The van der Waals surface area contributed by atoms with Crippen molar-refractivity contribution in [3.8, 4) is 0 Å². The van der Waals surface area contributed by atoms with Crippen LogP contribution in [0.3, 0.4) is 0 Å². The first kappa shape index (κ1) is 48.7. The van der Waals surface area contributed by atoms with Crippen molar-refractivity contribution in [1.82, 2.24) is 42.1 Å². The maximum Gasteiger partial charge on any atom is 0.242 e. The number of primary amides is 2. The van der Waals surface area contributed by atoms with Crippen LogP contribution in [0.15, 0.2) is 0 Å². The summed E-state index contributed by atoms with van der Waals surface area (Å²) >= 11 is 0. The van der Waals surface area contributed by atoms with E-state index in [1.165, 1.54) is 13.8 Å². The van der Waals surface area contributed by atoms with E-state index < -0.39 is 72.6 Å². The number of nitrogens with one attached hydrogen (secondary N) is 7. The third-order valence-electron chi connectivity index (χ3n) is 7.89. The van der Waals surface area contributed by atoms with Crippen LogP contribution in [0.5, 0.6) is 0 Å². The number of rotatable bonds is 30. The molecule has 0 aliphatic heterocycles. The van der Waals surface area contributed by atoms with Gasteiger partial charge in [0, 0.05) is 58.5 Å². The van der Waals surface area contributed by atoms with Crippen molar-refractivity contribution in [3.63, 3.8) is 0 Å². The standard InChI is InChI=1S/C35H66N10O8/c1-23(2)42-27(33(36)51)13-7-11-18-39-30(48)21-45(22-31(49)40-19-12-8-14-28(34(37)52)43-24(3)4)32(50)16-20-41-35(53)29(44-26(6)47)15-9-10-17-38-25(5)46/h23-24,27-29,42-43H,7-22H2,1-6H3,(H2,36,51)(H2,37,52)(H,38,46)(H,39,48)(H,40,49)(H,41,53)(H,44,47). The van der Waals surface area contributed by atoms with Crippen LogP contribution in [-0.4, -0.2) is 122 Å². The van der Waals surface area contributed by atoms with Crippen LogP contribution in [0, 0.1) is 0 Å². The lowest BCUT2D eigenvalue weighted by Crippen LogP contribution is -2.48. The molecule has 0 saturated carbocycles. The number of carbonyl (C=O) groups excluding carboxylic acids is 8. The van der Waals surface area contributed by atoms with Crippen LogP contribution in [0.4, 0.5) is 0 Å². The Morgan fingerprint density at radius 3 is 1.32 bits per heavy atom. The molecule has 0 aromatic rings. The molecule has 304 valence electrons. The molecular formula is C35H66N10O8. The number of carbonyl (C=O) groups is 8. The topological polar surface area (TPSA) is 276 Å². The lowest BCUT2D eigenvalue weighted by Gasteiger charge is -2.23. The van der Waals surface area contributed by atoms with Crippen LogP contribution in [0.1, 0.15) is 106 Å². The van der Waals surface area contributed by atoms with E-state index in [-0.39, 0.29) is 44.0 Å². The molecule has 0 saturated heterocycles. The van der Waals surface area contributed by atoms with E-state index in [1.807, 2.05) is 27.7 Å². The molecule has 11 N–H and O–H groups in total. The predicted molar refractivity (Wildman–Crippen MR) is 201 cm³/mol. The lowest BCUT2D eigenvalue weighted by molar-refractivity contribution is -0.139. The average molecular weight is 755 g/mol. The van der Waals surface area contributed by atoms with Gasteiger partial charge in [0.05, 0.1) is 12.1 Å². The molecule has 0 heterocycles. The van der Waals surface area contributed by atoms with Crippen LogP contribution in [0.2, 0.25) is 0 Å². The Hall–Kier alpha value is -4.32. The van der Waals surface area contributed by atoms with E-state index in [2.05, 4.69) is 37.2 Å². The lowest BCUT2D eigenvalue weighted by atomic mass is 10.1. The SMILES string of the molecule is CC(=O)NCCCCC(NC(C)=O)C(=O)NCCC(=O)N(CC(=O)NCCCCC(NC(C)C)C(N)=O)CC(=O)NCCCCC(NC(C)C)C(N)=O. The van der Waals surface area contributed by atoms with Gasteiger partial charge >= 0.3 is 0 Å². The summed E-state index contributed by atoms with van der Waals surface area (Å²) in [6, 6.07) is -1.65. The largest absolute Gasteiger partial charge is 0.368 e. The highest BCUT2D eigenvalue weighted by Crippen LogP contribution is 2.05. The summed E-state index contributed by atoms with van der Waals surface area (Å²) in [6.45, 7) is 10.4. The van der Waals surface area contributed by atoms with Gasteiger partial charge in [-0.15, -0.1) is 0 Å². The predicted octanol–water partition coefficient (Wildman–Crippen LogP) is -1.59. The molecule has 0 aliphatic rings. The minimum Gasteiger partial charge on any atom is -0.368 e. The van der Waals surface area contributed by atoms with Gasteiger partial charge < -0.3 is 53.6 Å². The molecule has 18 nitrogen and oxygen atoms in total. The van der Waals surface area contributed by atoms with Gasteiger partial charge in [0.15, 0.2) is 0 Å². The Kier molecular flexibility index (Phi) is 25.9. The summed E-state index contributed by atoms with van der Waals surface area (Å²) in [5.41, 5.74) is 10.9. The molecule has 18 heteroatoms. The Labute approximate surface area is 314 Å². The summed E-state index contributed by atoms with van der Waals surface area (Å²) in [5, 5.41) is 19.6. The summed E-state index contributed by atoms with van der Waals surface area (Å²) in [4.78, 5) is 99.0. The molecule has 0 aromatic heterocycles. The van der Waals surface area contributed by atoms with Crippen LogP contribution in [0.25, 0.3) is 0 Å². The van der Waals surface area contributed by atoms with Gasteiger partial charge in [0.1, 0.15) is 19.1 Å². The molecule has 0 rings (SSSR count). The van der Waals surface area contributed by atoms with E-state index >= 15 is 0 Å². The first-order chi connectivity index (χ1) is 24.9. The Balaban J connectivity index is 5.23. The van der Waals surface area contributed by atoms with Crippen LogP contribution < -0.4 is 48.7 Å². The third kappa shape index (κ3) is 26.2. The number of hydrogen-bond acceptors (Lipinski definition) is 10. The van der Waals surface area contributed by atoms with E-state index in [0.717, 1.165) is 4.90 Å². The van der Waals surface area contributed by atoms with Crippen molar-refractivity contribution >= 4 is 47.3 Å². The molecule has 53 heavy (non-hydrogen) atoms. The highest BCUT2D eigenvalue weighted by molar-refractivity contribution is 5.90. The van der Waals surface area contributed by atoms with E-state index in [4.69, 9.17) is 11.5 Å². The van der Waals surface area contributed by atoms with Gasteiger partial charge in [-0.25, -0.2) is 0 Å². The highest BCUT2D eigenvalue weighted by atomic mass is 16.2. The smallest absolute Gasteiger partial charge is 0.242 e. The second-order valence-corrected chi connectivity index (χ2v) is 13.8. The second kappa shape index (κ2) is 28.2. The van der Waals surface area contributed by atoms with E-state index in [9.17, 15) is 38.4 Å². The minimum absolute atomic E-state index is 0.0770. The average Bonchev–Trinajstić information content (AvgIpc) is 3.04.